The zero-order valence-electron chi connectivity index (χ0n) is 23.8. The van der Waals surface area contributed by atoms with Gasteiger partial charge in [0.25, 0.3) is 10.0 Å². The number of para-hydroxylation sites is 2. The number of hydrogen-bond acceptors (Lipinski definition) is 6. The van der Waals surface area contributed by atoms with E-state index < -0.39 is 28.5 Å². The maximum Gasteiger partial charge on any atom is 0.264 e. The van der Waals surface area contributed by atoms with Gasteiger partial charge in [0.15, 0.2) is 0 Å². The molecule has 0 bridgehead atoms. The number of rotatable bonds is 13. The van der Waals surface area contributed by atoms with Crippen LogP contribution in [0.2, 0.25) is 5.02 Å². The molecule has 0 aromatic heterocycles. The summed E-state index contributed by atoms with van der Waals surface area (Å²) >= 11 is 7.55. The Kier molecular flexibility index (Phi) is 11.5. The molecule has 11 heteroatoms. The van der Waals surface area contributed by atoms with Crippen molar-refractivity contribution >= 4 is 50.9 Å². The highest BCUT2D eigenvalue weighted by molar-refractivity contribution is 7.98. The number of thioether (sulfide) groups is 1. The lowest BCUT2D eigenvalue weighted by Crippen LogP contribution is -2.52. The van der Waals surface area contributed by atoms with Crippen LogP contribution in [0.1, 0.15) is 33.3 Å². The highest BCUT2D eigenvalue weighted by Crippen LogP contribution is 2.33. The molecule has 3 aromatic carbocycles. The van der Waals surface area contributed by atoms with Crippen LogP contribution >= 0.6 is 23.4 Å². The molecule has 0 radical (unpaired) electrons. The van der Waals surface area contributed by atoms with Gasteiger partial charge in [-0.3, -0.25) is 13.9 Å². The van der Waals surface area contributed by atoms with E-state index >= 15 is 0 Å². The largest absolute Gasteiger partial charge is 0.492 e. The average molecular weight is 618 g/mol. The molecule has 0 fully saturated rings. The number of anilines is 1. The molecule has 2 amide bonds. The molecular formula is C30H36ClN3O5S2. The second-order valence-corrected chi connectivity index (χ2v) is 12.8. The number of ether oxygens (including phenoxy) is 1. The Labute approximate surface area is 252 Å². The van der Waals surface area contributed by atoms with Gasteiger partial charge in [-0.1, -0.05) is 35.9 Å². The molecule has 1 N–H and O–H groups in total. The fourth-order valence-corrected chi connectivity index (χ4v) is 6.06. The van der Waals surface area contributed by atoms with Gasteiger partial charge in [-0.15, -0.1) is 11.8 Å². The normalized spacial score (nSPS) is 12.1. The van der Waals surface area contributed by atoms with Crippen molar-refractivity contribution in [1.82, 2.24) is 10.2 Å². The zero-order valence-corrected chi connectivity index (χ0v) is 26.2. The van der Waals surface area contributed by atoms with Crippen LogP contribution in [0.5, 0.6) is 5.75 Å². The van der Waals surface area contributed by atoms with E-state index in [0.717, 1.165) is 14.8 Å². The van der Waals surface area contributed by atoms with Crippen molar-refractivity contribution in [3.8, 4) is 5.75 Å². The van der Waals surface area contributed by atoms with E-state index in [9.17, 15) is 18.0 Å². The first-order chi connectivity index (χ1) is 19.5. The van der Waals surface area contributed by atoms with Gasteiger partial charge in [0, 0.05) is 22.5 Å². The third-order valence-electron chi connectivity index (χ3n) is 6.22. The number of nitrogens with zero attached hydrogens (tertiary/aromatic N) is 2. The number of benzene rings is 3. The number of carbonyl (C=O) groups is 2. The molecule has 0 spiro atoms. The molecule has 220 valence electrons. The molecule has 0 aliphatic rings. The number of halogens is 1. The maximum atomic E-state index is 14.1. The third kappa shape index (κ3) is 8.40. The van der Waals surface area contributed by atoms with Gasteiger partial charge in [-0.2, -0.15) is 0 Å². The van der Waals surface area contributed by atoms with E-state index in [4.69, 9.17) is 16.3 Å². The van der Waals surface area contributed by atoms with E-state index in [1.807, 2.05) is 20.1 Å². The van der Waals surface area contributed by atoms with Crippen molar-refractivity contribution in [1.29, 1.82) is 0 Å². The minimum atomic E-state index is -4.21. The number of carbonyl (C=O) groups excluding carboxylic acids is 2. The monoisotopic (exact) mass is 617 g/mol. The highest BCUT2D eigenvalue weighted by Gasteiger charge is 2.34. The van der Waals surface area contributed by atoms with Gasteiger partial charge in [-0.05, 0) is 88.0 Å². The zero-order chi connectivity index (χ0) is 30.2. The number of nitrogens with one attached hydrogen (secondary N) is 1. The Morgan fingerprint density at radius 3 is 2.20 bits per heavy atom. The molecule has 0 aliphatic carbocycles. The number of sulfonamides is 1. The van der Waals surface area contributed by atoms with Crippen molar-refractivity contribution in [3.05, 3.63) is 83.4 Å². The van der Waals surface area contributed by atoms with Crippen molar-refractivity contribution in [2.45, 2.75) is 56.1 Å². The van der Waals surface area contributed by atoms with E-state index in [1.54, 1.807) is 74.5 Å². The van der Waals surface area contributed by atoms with Crippen molar-refractivity contribution in [2.75, 3.05) is 23.7 Å². The van der Waals surface area contributed by atoms with Crippen LogP contribution in [0.4, 0.5) is 5.69 Å². The van der Waals surface area contributed by atoms with E-state index in [2.05, 4.69) is 5.32 Å². The summed E-state index contributed by atoms with van der Waals surface area (Å²) in [7, 11) is -4.21. The molecule has 8 nitrogen and oxygen atoms in total. The molecule has 3 rings (SSSR count). The fraction of sp³-hybridized carbons (Fsp3) is 0.333. The van der Waals surface area contributed by atoms with E-state index in [1.165, 1.54) is 28.8 Å². The Morgan fingerprint density at radius 2 is 1.61 bits per heavy atom. The van der Waals surface area contributed by atoms with Crippen molar-refractivity contribution in [2.24, 2.45) is 0 Å². The number of amides is 2. The van der Waals surface area contributed by atoms with E-state index in [-0.39, 0.29) is 29.1 Å². The molecule has 3 aromatic rings. The van der Waals surface area contributed by atoms with Crippen LogP contribution in [0.3, 0.4) is 0 Å². The van der Waals surface area contributed by atoms with Gasteiger partial charge in [0.2, 0.25) is 11.8 Å². The Balaban J connectivity index is 2.08. The molecule has 1 unspecified atom stereocenters. The summed E-state index contributed by atoms with van der Waals surface area (Å²) in [6.07, 6.45) is 1.90. The molecule has 0 heterocycles. The lowest BCUT2D eigenvalue weighted by Gasteiger charge is -2.32. The minimum absolute atomic E-state index is 0.0317. The van der Waals surface area contributed by atoms with Gasteiger partial charge in [-0.25, -0.2) is 8.42 Å². The Hall–Kier alpha value is -3.21. The summed E-state index contributed by atoms with van der Waals surface area (Å²) in [5, 5.41) is 3.38. The van der Waals surface area contributed by atoms with Gasteiger partial charge in [0.05, 0.1) is 17.2 Å². The predicted octanol–water partition coefficient (Wildman–Crippen LogP) is 5.60. The third-order valence-corrected chi connectivity index (χ3v) is 8.99. The molecule has 1 atom stereocenters. The Morgan fingerprint density at radius 1 is 0.976 bits per heavy atom. The summed E-state index contributed by atoms with van der Waals surface area (Å²) < 4.78 is 35.0. The summed E-state index contributed by atoms with van der Waals surface area (Å²) in [5.41, 5.74) is 0.964. The summed E-state index contributed by atoms with van der Waals surface area (Å²) in [5.74, 6) is -0.581. The van der Waals surface area contributed by atoms with Crippen LogP contribution in [0.25, 0.3) is 0 Å². The van der Waals surface area contributed by atoms with Gasteiger partial charge < -0.3 is 15.0 Å². The van der Waals surface area contributed by atoms with E-state index in [0.29, 0.717) is 17.4 Å². The van der Waals surface area contributed by atoms with Crippen molar-refractivity contribution in [3.63, 3.8) is 0 Å². The minimum Gasteiger partial charge on any atom is -0.492 e. The van der Waals surface area contributed by atoms with Crippen LogP contribution in [0.15, 0.2) is 82.6 Å². The van der Waals surface area contributed by atoms with Gasteiger partial charge >= 0.3 is 0 Å². The first kappa shape index (κ1) is 32.3. The average Bonchev–Trinajstić information content (AvgIpc) is 2.95. The number of hydrogen-bond donors (Lipinski definition) is 1. The standard InChI is InChI=1S/C30H36ClN3O5S2/c1-6-39-28-10-8-7-9-27(28)34(41(37,38)26-17-15-25(40-5)16-18-26)20-29(35)33(22(4)30(36)32-21(2)3)19-23-11-13-24(31)14-12-23/h7-18,21-22H,6,19-20H2,1-5H3,(H,32,36). The second-order valence-electron chi connectivity index (χ2n) is 9.58. The van der Waals surface area contributed by atoms with Crippen LogP contribution in [0, 0.1) is 0 Å². The highest BCUT2D eigenvalue weighted by atomic mass is 35.5. The molecule has 0 aliphatic heterocycles. The fourth-order valence-electron chi connectivity index (χ4n) is 4.10. The second kappa shape index (κ2) is 14.6. The first-order valence-corrected chi connectivity index (χ1v) is 16.2. The first-order valence-electron chi connectivity index (χ1n) is 13.2. The SMILES string of the molecule is CCOc1ccccc1N(CC(=O)N(Cc1ccc(Cl)cc1)C(C)C(=O)NC(C)C)S(=O)(=O)c1ccc(SC)cc1. The maximum absolute atomic E-state index is 14.1. The lowest BCUT2D eigenvalue weighted by atomic mass is 10.1. The topological polar surface area (TPSA) is 96.0 Å². The molecule has 0 saturated carbocycles. The van der Waals surface area contributed by atoms with Gasteiger partial charge in [0.1, 0.15) is 18.3 Å². The van der Waals surface area contributed by atoms with Crippen molar-refractivity contribution < 1.29 is 22.7 Å². The van der Waals surface area contributed by atoms with Crippen LogP contribution < -0.4 is 14.4 Å². The summed E-state index contributed by atoms with van der Waals surface area (Å²) in [6.45, 7) is 6.91. The molecule has 41 heavy (non-hydrogen) atoms. The Bertz CT molecular complexity index is 1430. The lowest BCUT2D eigenvalue weighted by molar-refractivity contribution is -0.139. The van der Waals surface area contributed by atoms with Crippen LogP contribution in [-0.2, 0) is 26.2 Å². The van der Waals surface area contributed by atoms with Crippen LogP contribution in [-0.4, -0.2) is 56.6 Å². The quantitative estimate of drug-likeness (QED) is 0.251. The summed E-state index contributed by atoms with van der Waals surface area (Å²) in [6, 6.07) is 19.1. The smallest absolute Gasteiger partial charge is 0.264 e. The summed E-state index contributed by atoms with van der Waals surface area (Å²) in [4.78, 5) is 29.4. The molecular weight excluding hydrogens is 582 g/mol. The molecule has 0 saturated heterocycles. The predicted molar refractivity (Wildman–Crippen MR) is 165 cm³/mol.